The van der Waals surface area contributed by atoms with Crippen molar-refractivity contribution in [1.82, 2.24) is 0 Å². The second kappa shape index (κ2) is 4.66. The number of nitrogens with two attached hydrogens (primary N) is 1. The lowest BCUT2D eigenvalue weighted by Gasteiger charge is -2.23. The first-order valence-electron chi connectivity index (χ1n) is 5.64. The standard InChI is InChI=1S/C13H12BrNO3/c14-9-4-5-17-13(9)11(15)8-2-1-3-10-12(8)18-7-6-16-10/h1-5,11H,6-7,15H2. The molecule has 2 aromatic rings. The number of rotatable bonds is 2. The zero-order valence-corrected chi connectivity index (χ0v) is 11.1. The van der Waals surface area contributed by atoms with E-state index in [2.05, 4.69) is 15.9 Å². The largest absolute Gasteiger partial charge is 0.486 e. The van der Waals surface area contributed by atoms with E-state index < -0.39 is 0 Å². The lowest BCUT2D eigenvalue weighted by atomic mass is 10.0. The number of fused-ring (bicyclic) bond motifs is 1. The fourth-order valence-corrected chi connectivity index (χ4v) is 2.46. The molecule has 4 nitrogen and oxygen atoms in total. The molecule has 1 unspecified atom stereocenters. The summed E-state index contributed by atoms with van der Waals surface area (Å²) in [6, 6.07) is 7.14. The van der Waals surface area contributed by atoms with Gasteiger partial charge in [-0.1, -0.05) is 12.1 Å². The third-order valence-corrected chi connectivity index (χ3v) is 3.51. The van der Waals surface area contributed by atoms with Crippen LogP contribution in [0.25, 0.3) is 0 Å². The average Bonchev–Trinajstić information content (AvgIpc) is 2.83. The van der Waals surface area contributed by atoms with Crippen LogP contribution in [0.1, 0.15) is 17.4 Å². The van der Waals surface area contributed by atoms with Gasteiger partial charge in [0.2, 0.25) is 0 Å². The fourth-order valence-electron chi connectivity index (χ4n) is 2.01. The van der Waals surface area contributed by atoms with Gasteiger partial charge in [0.15, 0.2) is 11.5 Å². The van der Waals surface area contributed by atoms with Gasteiger partial charge in [-0.25, -0.2) is 0 Å². The monoisotopic (exact) mass is 309 g/mol. The van der Waals surface area contributed by atoms with Gasteiger partial charge in [0.25, 0.3) is 0 Å². The molecular formula is C13H12BrNO3. The van der Waals surface area contributed by atoms with Gasteiger partial charge in [-0.2, -0.15) is 0 Å². The minimum absolute atomic E-state index is 0.383. The first-order valence-corrected chi connectivity index (χ1v) is 6.43. The Kier molecular flexibility index (Phi) is 3.01. The lowest BCUT2D eigenvalue weighted by Crippen LogP contribution is -2.20. The summed E-state index contributed by atoms with van der Waals surface area (Å²) in [4.78, 5) is 0. The molecule has 1 aromatic heterocycles. The molecule has 0 radical (unpaired) electrons. The molecule has 0 saturated heterocycles. The van der Waals surface area contributed by atoms with Crippen LogP contribution < -0.4 is 15.2 Å². The van der Waals surface area contributed by atoms with Crippen LogP contribution in [-0.2, 0) is 0 Å². The Hall–Kier alpha value is -1.46. The van der Waals surface area contributed by atoms with E-state index in [4.69, 9.17) is 19.6 Å². The van der Waals surface area contributed by atoms with Gasteiger partial charge in [0.1, 0.15) is 19.0 Å². The number of furan rings is 1. The summed E-state index contributed by atoms with van der Waals surface area (Å²) >= 11 is 3.41. The van der Waals surface area contributed by atoms with Crippen LogP contribution in [0.4, 0.5) is 0 Å². The van der Waals surface area contributed by atoms with Crippen molar-refractivity contribution >= 4 is 15.9 Å². The topological polar surface area (TPSA) is 57.6 Å². The molecule has 0 amide bonds. The van der Waals surface area contributed by atoms with Gasteiger partial charge in [0, 0.05) is 5.56 Å². The van der Waals surface area contributed by atoms with Crippen LogP contribution in [-0.4, -0.2) is 13.2 Å². The number of hydrogen-bond donors (Lipinski definition) is 1. The summed E-state index contributed by atoms with van der Waals surface area (Å²) in [7, 11) is 0. The third kappa shape index (κ3) is 1.89. The smallest absolute Gasteiger partial charge is 0.166 e. The quantitative estimate of drug-likeness (QED) is 0.926. The van der Waals surface area contributed by atoms with E-state index >= 15 is 0 Å². The van der Waals surface area contributed by atoms with E-state index in [1.807, 2.05) is 24.3 Å². The number of hydrogen-bond acceptors (Lipinski definition) is 4. The van der Waals surface area contributed by atoms with Crippen LogP contribution in [0.5, 0.6) is 11.5 Å². The second-order valence-electron chi connectivity index (χ2n) is 3.98. The van der Waals surface area contributed by atoms with Crippen LogP contribution in [0, 0.1) is 0 Å². The Bertz CT molecular complexity index is 567. The van der Waals surface area contributed by atoms with Gasteiger partial charge in [-0.05, 0) is 28.1 Å². The lowest BCUT2D eigenvalue weighted by molar-refractivity contribution is 0.169. The van der Waals surface area contributed by atoms with Gasteiger partial charge in [-0.3, -0.25) is 0 Å². The van der Waals surface area contributed by atoms with E-state index in [0.29, 0.717) is 24.7 Å². The van der Waals surface area contributed by atoms with Crippen molar-refractivity contribution < 1.29 is 13.9 Å². The van der Waals surface area contributed by atoms with Crippen LogP contribution in [0.15, 0.2) is 39.4 Å². The van der Waals surface area contributed by atoms with E-state index in [0.717, 1.165) is 15.8 Å². The number of para-hydroxylation sites is 1. The van der Waals surface area contributed by atoms with Crippen molar-refractivity contribution in [2.75, 3.05) is 13.2 Å². The molecule has 1 aliphatic heterocycles. The first-order chi connectivity index (χ1) is 8.77. The summed E-state index contributed by atoms with van der Waals surface area (Å²) in [5.41, 5.74) is 7.09. The highest BCUT2D eigenvalue weighted by Crippen LogP contribution is 2.39. The highest BCUT2D eigenvalue weighted by Gasteiger charge is 2.23. The van der Waals surface area contributed by atoms with Crippen molar-refractivity contribution in [3.63, 3.8) is 0 Å². The zero-order valence-electron chi connectivity index (χ0n) is 9.56. The summed E-state index contributed by atoms with van der Waals surface area (Å²) < 4.78 is 17.4. The van der Waals surface area contributed by atoms with E-state index in [1.54, 1.807) is 6.26 Å². The molecule has 1 atom stereocenters. The molecule has 2 heterocycles. The minimum Gasteiger partial charge on any atom is -0.486 e. The molecule has 1 aromatic carbocycles. The molecule has 0 bridgehead atoms. The maximum absolute atomic E-state index is 6.23. The SMILES string of the molecule is NC(c1cccc2c1OCCO2)c1occc1Br. The van der Waals surface area contributed by atoms with Gasteiger partial charge in [-0.15, -0.1) is 0 Å². The van der Waals surface area contributed by atoms with E-state index in [1.165, 1.54) is 0 Å². The number of ether oxygens (including phenoxy) is 2. The van der Waals surface area contributed by atoms with Crippen LogP contribution >= 0.6 is 15.9 Å². The Morgan fingerprint density at radius 3 is 2.78 bits per heavy atom. The maximum Gasteiger partial charge on any atom is 0.166 e. The highest BCUT2D eigenvalue weighted by atomic mass is 79.9. The van der Waals surface area contributed by atoms with Crippen molar-refractivity contribution in [3.05, 3.63) is 46.3 Å². The predicted octanol–water partition coefficient (Wildman–Crippen LogP) is 2.86. The molecular weight excluding hydrogens is 298 g/mol. The molecule has 1 aliphatic rings. The third-order valence-electron chi connectivity index (χ3n) is 2.86. The molecule has 18 heavy (non-hydrogen) atoms. The summed E-state index contributed by atoms with van der Waals surface area (Å²) in [6.07, 6.45) is 1.60. The van der Waals surface area contributed by atoms with Gasteiger partial charge in [0.05, 0.1) is 16.8 Å². The van der Waals surface area contributed by atoms with Gasteiger partial charge < -0.3 is 19.6 Å². The summed E-state index contributed by atoms with van der Waals surface area (Å²) in [5, 5.41) is 0. The highest BCUT2D eigenvalue weighted by molar-refractivity contribution is 9.10. The number of halogens is 1. The molecule has 0 spiro atoms. The van der Waals surface area contributed by atoms with Crippen molar-refractivity contribution in [3.8, 4) is 11.5 Å². The average molecular weight is 310 g/mol. The fraction of sp³-hybridized carbons (Fsp3) is 0.231. The van der Waals surface area contributed by atoms with Crippen molar-refractivity contribution in [1.29, 1.82) is 0 Å². The Balaban J connectivity index is 2.04. The predicted molar refractivity (Wildman–Crippen MR) is 69.9 cm³/mol. The molecule has 0 aliphatic carbocycles. The van der Waals surface area contributed by atoms with Crippen LogP contribution in [0.3, 0.4) is 0 Å². The van der Waals surface area contributed by atoms with Crippen LogP contribution in [0.2, 0.25) is 0 Å². The Morgan fingerprint density at radius 2 is 2.00 bits per heavy atom. The second-order valence-corrected chi connectivity index (χ2v) is 4.84. The zero-order chi connectivity index (χ0) is 12.5. The number of benzene rings is 1. The Labute approximate surface area is 113 Å². The molecule has 5 heteroatoms. The molecule has 0 fully saturated rings. The summed E-state index contributed by atoms with van der Waals surface area (Å²) in [6.45, 7) is 1.10. The van der Waals surface area contributed by atoms with Gasteiger partial charge >= 0.3 is 0 Å². The normalized spacial score (nSPS) is 15.4. The Morgan fingerprint density at radius 1 is 1.17 bits per heavy atom. The first kappa shape index (κ1) is 11.6. The van der Waals surface area contributed by atoms with E-state index in [9.17, 15) is 0 Å². The van der Waals surface area contributed by atoms with Crippen molar-refractivity contribution in [2.45, 2.75) is 6.04 Å². The molecule has 94 valence electrons. The molecule has 2 N–H and O–H groups in total. The summed E-state index contributed by atoms with van der Waals surface area (Å²) in [5.74, 6) is 2.12. The minimum atomic E-state index is -0.383. The van der Waals surface area contributed by atoms with Crippen molar-refractivity contribution in [2.24, 2.45) is 5.73 Å². The maximum atomic E-state index is 6.23. The van der Waals surface area contributed by atoms with E-state index in [-0.39, 0.29) is 6.04 Å². The molecule has 0 saturated carbocycles. The molecule has 3 rings (SSSR count).